The van der Waals surface area contributed by atoms with E-state index in [0.29, 0.717) is 23.2 Å². The van der Waals surface area contributed by atoms with Crippen LogP contribution in [-0.2, 0) is 30.4 Å². The maximum Gasteiger partial charge on any atom is 0.337 e. The summed E-state index contributed by atoms with van der Waals surface area (Å²) in [5.74, 6) is -1.69. The van der Waals surface area contributed by atoms with E-state index < -0.39 is 36.0 Å². The summed E-state index contributed by atoms with van der Waals surface area (Å²) in [5, 5.41) is 0. The number of amides is 2. The molecule has 0 N–H and O–H groups in total. The number of ether oxygens (including phenoxy) is 3. The number of benzene rings is 2. The van der Waals surface area contributed by atoms with Crippen molar-refractivity contribution < 1.29 is 33.4 Å². The lowest BCUT2D eigenvalue weighted by atomic mass is 10.0. The summed E-state index contributed by atoms with van der Waals surface area (Å²) in [4.78, 5) is 53.2. The Morgan fingerprint density at radius 1 is 1.08 bits per heavy atom. The van der Waals surface area contributed by atoms with E-state index in [9.17, 15) is 19.2 Å². The fourth-order valence-corrected chi connectivity index (χ4v) is 4.63. The molecule has 2 saturated heterocycles. The highest BCUT2D eigenvalue weighted by Gasteiger charge is 2.52. The number of carbonyl (C=O) groups excluding carboxylic acids is 4. The number of fused-ring (bicyclic) bond motifs is 2. The van der Waals surface area contributed by atoms with Gasteiger partial charge in [0.1, 0.15) is 12.4 Å². The largest absolute Gasteiger partial charge is 0.472 e. The SMILES string of the molecule is COC(=O)C=C1C[C@H]2OC(=CCN3C(=O)c4ccccc4C3=O)[C@H](C(=O)OCc3ccc(Br)cc3)N12. The highest BCUT2D eigenvalue weighted by molar-refractivity contribution is 9.10. The Hall–Kier alpha value is -3.92. The van der Waals surface area contributed by atoms with Crippen LogP contribution >= 0.6 is 15.9 Å². The van der Waals surface area contributed by atoms with Gasteiger partial charge in [0.05, 0.1) is 24.8 Å². The van der Waals surface area contributed by atoms with Crippen molar-refractivity contribution >= 4 is 39.7 Å². The van der Waals surface area contributed by atoms with Gasteiger partial charge in [-0.15, -0.1) is 0 Å². The minimum atomic E-state index is -0.967. The third-order valence-electron chi connectivity index (χ3n) is 6.20. The molecule has 2 aromatic carbocycles. The van der Waals surface area contributed by atoms with Gasteiger partial charge in [-0.05, 0) is 35.9 Å². The second kappa shape index (κ2) is 9.62. The van der Waals surface area contributed by atoms with Gasteiger partial charge < -0.3 is 19.1 Å². The number of hydrogen-bond donors (Lipinski definition) is 0. The summed E-state index contributed by atoms with van der Waals surface area (Å²) >= 11 is 3.37. The van der Waals surface area contributed by atoms with Crippen molar-refractivity contribution in [1.29, 1.82) is 0 Å². The standard InChI is InChI=1S/C26H21BrN2O7/c1-34-22(30)13-17-12-21-29(17)23(26(33)35-14-15-6-8-16(27)9-7-15)20(36-21)10-11-28-24(31)18-4-2-3-5-19(18)25(28)32/h2-10,13,21,23H,11-12,14H2,1H3/t21-,23-/m1/s1. The number of halogens is 1. The lowest BCUT2D eigenvalue weighted by Crippen LogP contribution is -2.49. The van der Waals surface area contributed by atoms with E-state index in [0.717, 1.165) is 14.9 Å². The van der Waals surface area contributed by atoms with Gasteiger partial charge in [0.15, 0.2) is 12.3 Å². The van der Waals surface area contributed by atoms with Crippen molar-refractivity contribution in [3.05, 3.63) is 93.3 Å². The molecule has 184 valence electrons. The topological polar surface area (TPSA) is 102 Å². The first-order chi connectivity index (χ1) is 17.4. The van der Waals surface area contributed by atoms with E-state index in [1.165, 1.54) is 13.2 Å². The Kier molecular flexibility index (Phi) is 6.36. The molecule has 2 aromatic rings. The van der Waals surface area contributed by atoms with Crippen LogP contribution in [0.1, 0.15) is 32.7 Å². The summed E-state index contributed by atoms with van der Waals surface area (Å²) in [6.45, 7) is -0.0301. The van der Waals surface area contributed by atoms with Crippen molar-refractivity contribution in [3.63, 3.8) is 0 Å². The summed E-state index contributed by atoms with van der Waals surface area (Å²) in [7, 11) is 1.27. The van der Waals surface area contributed by atoms with E-state index in [2.05, 4.69) is 15.9 Å². The molecule has 10 heteroatoms. The average molecular weight is 553 g/mol. The quantitative estimate of drug-likeness (QED) is 0.306. The molecule has 0 aliphatic carbocycles. The normalized spacial score (nSPS) is 22.3. The maximum absolute atomic E-state index is 13.2. The van der Waals surface area contributed by atoms with Crippen LogP contribution in [0.25, 0.3) is 0 Å². The van der Waals surface area contributed by atoms with Gasteiger partial charge >= 0.3 is 11.9 Å². The van der Waals surface area contributed by atoms with Crippen molar-refractivity contribution in [2.75, 3.05) is 13.7 Å². The van der Waals surface area contributed by atoms with Gasteiger partial charge in [-0.2, -0.15) is 0 Å². The minimum absolute atomic E-state index is 0.0445. The highest BCUT2D eigenvalue weighted by Crippen LogP contribution is 2.43. The van der Waals surface area contributed by atoms with Crippen molar-refractivity contribution in [2.24, 2.45) is 0 Å². The van der Waals surface area contributed by atoms with Crippen LogP contribution in [0.3, 0.4) is 0 Å². The van der Waals surface area contributed by atoms with Crippen LogP contribution in [0.5, 0.6) is 0 Å². The third kappa shape index (κ3) is 4.28. The van der Waals surface area contributed by atoms with E-state index >= 15 is 0 Å². The molecule has 9 nitrogen and oxygen atoms in total. The van der Waals surface area contributed by atoms with Crippen LogP contribution in [0.15, 0.2) is 76.6 Å². The Bertz CT molecular complexity index is 1280. The number of rotatable bonds is 6. The number of methoxy groups -OCH3 is 1. The molecule has 2 atom stereocenters. The van der Waals surface area contributed by atoms with Gasteiger partial charge in [-0.1, -0.05) is 40.2 Å². The molecule has 0 bridgehead atoms. The molecule has 2 amide bonds. The molecule has 0 aromatic heterocycles. The number of hydrogen-bond acceptors (Lipinski definition) is 8. The van der Waals surface area contributed by atoms with Gasteiger partial charge in [0, 0.05) is 22.7 Å². The predicted octanol–water partition coefficient (Wildman–Crippen LogP) is 3.16. The molecule has 0 unspecified atom stereocenters. The van der Waals surface area contributed by atoms with Crippen LogP contribution < -0.4 is 0 Å². The first-order valence-corrected chi connectivity index (χ1v) is 12.0. The molecular weight excluding hydrogens is 532 g/mol. The lowest BCUT2D eigenvalue weighted by molar-refractivity contribution is -0.150. The Morgan fingerprint density at radius 3 is 2.39 bits per heavy atom. The fourth-order valence-electron chi connectivity index (χ4n) is 4.36. The number of imide groups is 1. The number of nitrogens with zero attached hydrogens (tertiary/aromatic N) is 2. The summed E-state index contributed by atoms with van der Waals surface area (Å²) in [6, 6.07) is 13.0. The monoisotopic (exact) mass is 552 g/mol. The van der Waals surface area contributed by atoms with E-state index in [1.54, 1.807) is 35.2 Å². The highest BCUT2D eigenvalue weighted by atomic mass is 79.9. The molecule has 36 heavy (non-hydrogen) atoms. The molecule has 0 radical (unpaired) electrons. The number of carbonyl (C=O) groups is 4. The van der Waals surface area contributed by atoms with Gasteiger partial charge in [0.2, 0.25) is 0 Å². The zero-order valence-corrected chi connectivity index (χ0v) is 20.8. The van der Waals surface area contributed by atoms with Crippen molar-refractivity contribution in [3.8, 4) is 0 Å². The van der Waals surface area contributed by atoms with E-state index in [1.807, 2.05) is 24.3 Å². The third-order valence-corrected chi connectivity index (χ3v) is 6.73. The second-order valence-electron chi connectivity index (χ2n) is 8.35. The summed E-state index contributed by atoms with van der Waals surface area (Å²) in [5.41, 5.74) is 2.05. The molecule has 3 aliphatic rings. The Morgan fingerprint density at radius 2 is 1.75 bits per heavy atom. The van der Waals surface area contributed by atoms with Gasteiger partial charge in [0.25, 0.3) is 11.8 Å². The van der Waals surface area contributed by atoms with Crippen LogP contribution in [0.2, 0.25) is 0 Å². The Labute approximate surface area is 215 Å². The fraction of sp³-hybridized carbons (Fsp3) is 0.231. The summed E-state index contributed by atoms with van der Waals surface area (Å²) in [6.07, 6.45) is 2.78. The van der Waals surface area contributed by atoms with Crippen molar-refractivity contribution in [1.82, 2.24) is 9.80 Å². The van der Waals surface area contributed by atoms with Crippen LogP contribution in [0, 0.1) is 0 Å². The molecule has 3 aliphatic heterocycles. The van der Waals surface area contributed by atoms with Crippen LogP contribution in [0.4, 0.5) is 0 Å². The lowest BCUT2D eigenvalue weighted by Gasteiger charge is -2.39. The molecule has 5 rings (SSSR count). The maximum atomic E-state index is 13.2. The van der Waals surface area contributed by atoms with E-state index in [-0.39, 0.29) is 18.9 Å². The molecule has 2 fully saturated rings. The molecule has 3 heterocycles. The summed E-state index contributed by atoms with van der Waals surface area (Å²) < 4.78 is 17.1. The van der Waals surface area contributed by atoms with E-state index in [4.69, 9.17) is 14.2 Å². The number of esters is 2. The van der Waals surface area contributed by atoms with Gasteiger partial charge in [-0.25, -0.2) is 9.59 Å². The first-order valence-electron chi connectivity index (χ1n) is 11.2. The zero-order valence-electron chi connectivity index (χ0n) is 19.2. The Balaban J connectivity index is 1.37. The van der Waals surface area contributed by atoms with Gasteiger partial charge in [-0.3, -0.25) is 14.5 Å². The van der Waals surface area contributed by atoms with Crippen molar-refractivity contribution in [2.45, 2.75) is 25.3 Å². The average Bonchev–Trinajstić information content (AvgIpc) is 3.30. The zero-order chi connectivity index (χ0) is 25.4. The second-order valence-corrected chi connectivity index (χ2v) is 9.27. The minimum Gasteiger partial charge on any atom is -0.472 e. The smallest absolute Gasteiger partial charge is 0.337 e. The molecule has 0 saturated carbocycles. The molecule has 0 spiro atoms. The first kappa shape index (κ1) is 23.8. The predicted molar refractivity (Wildman–Crippen MR) is 129 cm³/mol. The van der Waals surface area contributed by atoms with Crippen LogP contribution in [-0.4, -0.2) is 59.5 Å². The molecular formula is C26H21BrN2O7.